The minimum absolute atomic E-state index is 0.00297. The van der Waals surface area contributed by atoms with Gasteiger partial charge in [-0.25, -0.2) is 8.42 Å². The molecule has 0 aromatic heterocycles. The maximum Gasteiger partial charge on any atom is 0.232 e. The highest BCUT2D eigenvalue weighted by molar-refractivity contribution is 7.92. The van der Waals surface area contributed by atoms with Crippen LogP contribution in [0.4, 0.5) is 5.69 Å². The second-order valence-electron chi connectivity index (χ2n) is 4.10. The summed E-state index contributed by atoms with van der Waals surface area (Å²) in [5.74, 6) is 0.750. The number of nitrogens with two attached hydrogens (primary N) is 1. The average Bonchev–Trinajstić information content (AvgIpc) is 2.38. The SMILES string of the molecule is COc1cc(OC)c(NS(=O)(=O)CCCCN)cc1Cl. The van der Waals surface area contributed by atoms with Crippen LogP contribution in [0.3, 0.4) is 0 Å². The molecule has 0 bridgehead atoms. The molecule has 3 N–H and O–H groups in total. The van der Waals surface area contributed by atoms with Crippen LogP contribution < -0.4 is 19.9 Å². The lowest BCUT2D eigenvalue weighted by molar-refractivity contribution is 0.396. The van der Waals surface area contributed by atoms with Crippen molar-refractivity contribution < 1.29 is 17.9 Å². The van der Waals surface area contributed by atoms with Gasteiger partial charge in [-0.05, 0) is 25.5 Å². The number of ether oxygens (including phenoxy) is 2. The van der Waals surface area contributed by atoms with E-state index in [-0.39, 0.29) is 11.4 Å². The van der Waals surface area contributed by atoms with Crippen molar-refractivity contribution in [3.05, 3.63) is 17.2 Å². The van der Waals surface area contributed by atoms with Crippen molar-refractivity contribution in [2.45, 2.75) is 12.8 Å². The highest BCUT2D eigenvalue weighted by Crippen LogP contribution is 2.36. The van der Waals surface area contributed by atoms with Crippen molar-refractivity contribution in [2.24, 2.45) is 5.73 Å². The van der Waals surface area contributed by atoms with Gasteiger partial charge in [-0.3, -0.25) is 4.72 Å². The molecule has 1 rings (SSSR count). The molecule has 0 fully saturated rings. The van der Waals surface area contributed by atoms with E-state index in [1.807, 2.05) is 0 Å². The average molecular weight is 323 g/mol. The predicted molar refractivity (Wildman–Crippen MR) is 80.3 cm³/mol. The molecule has 0 aliphatic heterocycles. The van der Waals surface area contributed by atoms with E-state index in [2.05, 4.69) is 4.72 Å². The van der Waals surface area contributed by atoms with Crippen LogP contribution in [0.2, 0.25) is 5.02 Å². The number of rotatable bonds is 8. The molecule has 0 spiro atoms. The third-order valence-electron chi connectivity index (χ3n) is 2.61. The third-order valence-corrected chi connectivity index (χ3v) is 4.26. The van der Waals surface area contributed by atoms with Crippen molar-refractivity contribution in [3.8, 4) is 11.5 Å². The van der Waals surface area contributed by atoms with Crippen LogP contribution in [0, 0.1) is 0 Å². The van der Waals surface area contributed by atoms with Crippen molar-refractivity contribution >= 4 is 27.3 Å². The Bertz CT molecular complexity index is 549. The fraction of sp³-hybridized carbons (Fsp3) is 0.500. The van der Waals surface area contributed by atoms with Gasteiger partial charge < -0.3 is 15.2 Å². The first-order valence-electron chi connectivity index (χ1n) is 6.05. The van der Waals surface area contributed by atoms with Crippen LogP contribution in [0.15, 0.2) is 12.1 Å². The summed E-state index contributed by atoms with van der Waals surface area (Å²) < 4.78 is 36.5. The van der Waals surface area contributed by atoms with Crippen molar-refractivity contribution in [1.29, 1.82) is 0 Å². The summed E-state index contributed by atoms with van der Waals surface area (Å²) in [5, 5.41) is 0.299. The van der Waals surface area contributed by atoms with E-state index in [9.17, 15) is 8.42 Å². The normalized spacial score (nSPS) is 11.2. The summed E-state index contributed by atoms with van der Waals surface area (Å²) in [4.78, 5) is 0. The van der Waals surface area contributed by atoms with Gasteiger partial charge in [-0.1, -0.05) is 11.6 Å². The first-order chi connectivity index (χ1) is 9.43. The zero-order valence-electron chi connectivity index (χ0n) is 11.5. The number of methoxy groups -OCH3 is 2. The lowest BCUT2D eigenvalue weighted by Gasteiger charge is -2.14. The Hall–Kier alpha value is -1.18. The van der Waals surface area contributed by atoms with Gasteiger partial charge in [0.05, 0.1) is 30.7 Å². The Kier molecular flexibility index (Phi) is 6.38. The minimum Gasteiger partial charge on any atom is -0.495 e. The number of sulfonamides is 1. The van der Waals surface area contributed by atoms with Gasteiger partial charge in [0, 0.05) is 6.07 Å². The zero-order chi connectivity index (χ0) is 15.2. The molecule has 0 aliphatic rings. The molecule has 0 heterocycles. The fourth-order valence-corrected chi connectivity index (χ4v) is 3.02. The first kappa shape index (κ1) is 16.9. The van der Waals surface area contributed by atoms with Gasteiger partial charge in [0.2, 0.25) is 10.0 Å². The largest absolute Gasteiger partial charge is 0.495 e. The number of nitrogens with one attached hydrogen (secondary N) is 1. The lowest BCUT2D eigenvalue weighted by atomic mass is 10.3. The van der Waals surface area contributed by atoms with Crippen molar-refractivity contribution in [1.82, 2.24) is 0 Å². The molecular weight excluding hydrogens is 304 g/mol. The summed E-state index contributed by atoms with van der Waals surface area (Å²) in [7, 11) is -0.552. The van der Waals surface area contributed by atoms with Crippen molar-refractivity contribution in [3.63, 3.8) is 0 Å². The molecule has 0 saturated heterocycles. The quantitative estimate of drug-likeness (QED) is 0.713. The van der Waals surface area contributed by atoms with E-state index in [4.69, 9.17) is 26.8 Å². The molecule has 0 aliphatic carbocycles. The third kappa shape index (κ3) is 4.73. The molecule has 0 radical (unpaired) electrons. The van der Waals surface area contributed by atoms with E-state index in [1.54, 1.807) is 0 Å². The summed E-state index contributed by atoms with van der Waals surface area (Å²) in [6.45, 7) is 0.465. The number of benzene rings is 1. The summed E-state index contributed by atoms with van der Waals surface area (Å²) in [6, 6.07) is 2.99. The van der Waals surface area contributed by atoms with Crippen LogP contribution in [-0.2, 0) is 10.0 Å². The predicted octanol–water partition coefficient (Wildman–Crippen LogP) is 1.84. The van der Waals surface area contributed by atoms with Crippen LogP contribution >= 0.6 is 11.6 Å². The molecule has 1 aromatic rings. The Morgan fingerprint density at radius 3 is 2.40 bits per heavy atom. The molecule has 0 amide bonds. The van der Waals surface area contributed by atoms with E-state index in [0.29, 0.717) is 35.9 Å². The molecular formula is C12H19ClN2O4S. The molecule has 0 saturated carbocycles. The van der Waals surface area contributed by atoms with Crippen LogP contribution in [0.5, 0.6) is 11.5 Å². The number of halogens is 1. The number of unbranched alkanes of at least 4 members (excludes halogenated alkanes) is 1. The van der Waals surface area contributed by atoms with E-state index < -0.39 is 10.0 Å². The monoisotopic (exact) mass is 322 g/mol. The molecule has 1 aromatic carbocycles. The molecule has 0 atom stereocenters. The molecule has 0 unspecified atom stereocenters. The zero-order valence-corrected chi connectivity index (χ0v) is 13.1. The minimum atomic E-state index is -3.46. The van der Waals surface area contributed by atoms with Crippen molar-refractivity contribution in [2.75, 3.05) is 31.2 Å². The molecule has 20 heavy (non-hydrogen) atoms. The van der Waals surface area contributed by atoms with Gasteiger partial charge in [-0.15, -0.1) is 0 Å². The topological polar surface area (TPSA) is 90.6 Å². The smallest absolute Gasteiger partial charge is 0.232 e. The van der Waals surface area contributed by atoms with Gasteiger partial charge in [0.15, 0.2) is 0 Å². The Morgan fingerprint density at radius 1 is 1.20 bits per heavy atom. The summed E-state index contributed by atoms with van der Waals surface area (Å²) in [5.41, 5.74) is 5.62. The van der Waals surface area contributed by atoms with E-state index in [1.165, 1.54) is 26.4 Å². The van der Waals surface area contributed by atoms with Gasteiger partial charge in [-0.2, -0.15) is 0 Å². The fourth-order valence-electron chi connectivity index (χ4n) is 1.59. The summed E-state index contributed by atoms with van der Waals surface area (Å²) >= 11 is 5.98. The maximum absolute atomic E-state index is 11.9. The Labute approximate surface area is 124 Å². The molecule has 6 nitrogen and oxygen atoms in total. The molecule has 114 valence electrons. The Balaban J connectivity index is 2.93. The standard InChI is InChI=1S/C12H19ClN2O4S/c1-18-11-8-12(19-2)10(7-9(11)13)15-20(16,17)6-4-3-5-14/h7-8,15H,3-6,14H2,1-2H3. The number of anilines is 1. The summed E-state index contributed by atoms with van der Waals surface area (Å²) in [6.07, 6.45) is 1.15. The highest BCUT2D eigenvalue weighted by atomic mass is 35.5. The maximum atomic E-state index is 11.9. The number of hydrogen-bond acceptors (Lipinski definition) is 5. The first-order valence-corrected chi connectivity index (χ1v) is 8.08. The van der Waals surface area contributed by atoms with Gasteiger partial charge in [0.1, 0.15) is 11.5 Å². The van der Waals surface area contributed by atoms with Gasteiger partial charge >= 0.3 is 0 Å². The Morgan fingerprint density at radius 2 is 1.85 bits per heavy atom. The van der Waals surface area contributed by atoms with Crippen LogP contribution in [-0.4, -0.2) is 34.9 Å². The number of hydrogen-bond donors (Lipinski definition) is 2. The van der Waals surface area contributed by atoms with E-state index in [0.717, 1.165) is 0 Å². The second-order valence-corrected chi connectivity index (χ2v) is 6.35. The van der Waals surface area contributed by atoms with Crippen LogP contribution in [0.1, 0.15) is 12.8 Å². The highest BCUT2D eigenvalue weighted by Gasteiger charge is 2.16. The molecule has 8 heteroatoms. The second kappa shape index (κ2) is 7.56. The van der Waals surface area contributed by atoms with Crippen LogP contribution in [0.25, 0.3) is 0 Å². The lowest BCUT2D eigenvalue weighted by Crippen LogP contribution is -2.18. The van der Waals surface area contributed by atoms with Gasteiger partial charge in [0.25, 0.3) is 0 Å². The van der Waals surface area contributed by atoms with E-state index >= 15 is 0 Å².